The van der Waals surface area contributed by atoms with Gasteiger partial charge < -0.3 is 10.1 Å². The van der Waals surface area contributed by atoms with Gasteiger partial charge in [-0.3, -0.25) is 0 Å². The lowest BCUT2D eigenvalue weighted by molar-refractivity contribution is 0.000643. The normalized spacial score (nSPS) is 10.9. The summed E-state index contributed by atoms with van der Waals surface area (Å²) in [5.74, 6) is 0.756. The Morgan fingerprint density at radius 2 is 2.25 bits per heavy atom. The zero-order valence-electron chi connectivity index (χ0n) is 9.95. The standard InChI is InChI=1S/C12H17N3O/c1-4-16-12(2,3)9-15-11-6-5-10(7-13)8-14-11/h5-6,8H,4,9H2,1-3H3,(H,14,15). The van der Waals surface area contributed by atoms with Crippen LogP contribution in [0.25, 0.3) is 0 Å². The van der Waals surface area contributed by atoms with E-state index in [1.807, 2.05) is 26.8 Å². The van der Waals surface area contributed by atoms with E-state index in [0.717, 1.165) is 5.82 Å². The molecular weight excluding hydrogens is 202 g/mol. The molecule has 0 spiro atoms. The Balaban J connectivity index is 2.52. The topological polar surface area (TPSA) is 57.9 Å². The number of aromatic nitrogens is 1. The van der Waals surface area contributed by atoms with Crippen LogP contribution in [-0.2, 0) is 4.74 Å². The maximum atomic E-state index is 8.63. The van der Waals surface area contributed by atoms with Gasteiger partial charge in [0.1, 0.15) is 11.9 Å². The molecule has 0 aromatic carbocycles. The smallest absolute Gasteiger partial charge is 0.126 e. The third-order valence-corrected chi connectivity index (χ3v) is 2.12. The molecule has 4 heteroatoms. The molecule has 0 aliphatic heterocycles. The van der Waals surface area contributed by atoms with Crippen LogP contribution in [0.5, 0.6) is 0 Å². The van der Waals surface area contributed by atoms with Gasteiger partial charge in [-0.15, -0.1) is 0 Å². The first-order chi connectivity index (χ1) is 7.57. The van der Waals surface area contributed by atoms with Crippen molar-refractivity contribution in [3.63, 3.8) is 0 Å². The van der Waals surface area contributed by atoms with Crippen molar-refractivity contribution in [2.45, 2.75) is 26.4 Å². The highest BCUT2D eigenvalue weighted by Gasteiger charge is 2.16. The summed E-state index contributed by atoms with van der Waals surface area (Å²) >= 11 is 0. The van der Waals surface area contributed by atoms with Gasteiger partial charge in [0.15, 0.2) is 0 Å². The molecule has 16 heavy (non-hydrogen) atoms. The number of pyridine rings is 1. The van der Waals surface area contributed by atoms with Gasteiger partial charge in [-0.2, -0.15) is 5.26 Å². The van der Waals surface area contributed by atoms with E-state index in [4.69, 9.17) is 10.00 Å². The minimum atomic E-state index is -0.218. The predicted molar refractivity (Wildman–Crippen MR) is 63.1 cm³/mol. The quantitative estimate of drug-likeness (QED) is 0.824. The molecule has 0 unspecified atom stereocenters. The Kier molecular flexibility index (Phi) is 4.27. The average molecular weight is 219 g/mol. The zero-order valence-corrected chi connectivity index (χ0v) is 9.95. The predicted octanol–water partition coefficient (Wildman–Crippen LogP) is 2.18. The highest BCUT2D eigenvalue weighted by Crippen LogP contribution is 2.11. The lowest BCUT2D eigenvalue weighted by Crippen LogP contribution is -2.33. The van der Waals surface area contributed by atoms with E-state index in [2.05, 4.69) is 10.3 Å². The van der Waals surface area contributed by atoms with Crippen molar-refractivity contribution < 1.29 is 4.74 Å². The Morgan fingerprint density at radius 1 is 1.50 bits per heavy atom. The molecule has 4 nitrogen and oxygen atoms in total. The second kappa shape index (κ2) is 5.47. The Hall–Kier alpha value is -1.60. The van der Waals surface area contributed by atoms with Crippen molar-refractivity contribution in [3.05, 3.63) is 23.9 Å². The maximum Gasteiger partial charge on any atom is 0.126 e. The Morgan fingerprint density at radius 3 is 2.75 bits per heavy atom. The van der Waals surface area contributed by atoms with E-state index >= 15 is 0 Å². The van der Waals surface area contributed by atoms with Crippen LogP contribution in [0.2, 0.25) is 0 Å². The van der Waals surface area contributed by atoms with Gasteiger partial charge in [-0.25, -0.2) is 4.98 Å². The summed E-state index contributed by atoms with van der Waals surface area (Å²) in [4.78, 5) is 4.12. The van der Waals surface area contributed by atoms with E-state index in [1.165, 1.54) is 0 Å². The monoisotopic (exact) mass is 219 g/mol. The number of anilines is 1. The number of nitrogens with zero attached hydrogens (tertiary/aromatic N) is 2. The summed E-state index contributed by atoms with van der Waals surface area (Å²) in [6.45, 7) is 7.39. The highest BCUT2D eigenvalue weighted by molar-refractivity contribution is 5.39. The molecule has 0 aliphatic rings. The van der Waals surface area contributed by atoms with Gasteiger partial charge in [0.25, 0.3) is 0 Å². The van der Waals surface area contributed by atoms with Crippen LogP contribution in [0.3, 0.4) is 0 Å². The first-order valence-electron chi connectivity index (χ1n) is 5.31. The molecule has 0 fully saturated rings. The van der Waals surface area contributed by atoms with Crippen molar-refractivity contribution in [2.75, 3.05) is 18.5 Å². The number of hydrogen-bond acceptors (Lipinski definition) is 4. The maximum absolute atomic E-state index is 8.63. The second-order valence-corrected chi connectivity index (χ2v) is 4.09. The molecule has 0 radical (unpaired) electrons. The summed E-state index contributed by atoms with van der Waals surface area (Å²) in [5.41, 5.74) is 0.347. The van der Waals surface area contributed by atoms with Crippen molar-refractivity contribution in [2.24, 2.45) is 0 Å². The van der Waals surface area contributed by atoms with E-state index in [1.54, 1.807) is 18.3 Å². The fourth-order valence-corrected chi connectivity index (χ4v) is 1.31. The first kappa shape index (κ1) is 12.5. The van der Waals surface area contributed by atoms with E-state index in [-0.39, 0.29) is 5.60 Å². The molecule has 86 valence electrons. The number of nitrogens with one attached hydrogen (secondary N) is 1. The largest absolute Gasteiger partial charge is 0.374 e. The van der Waals surface area contributed by atoms with Crippen LogP contribution in [0.4, 0.5) is 5.82 Å². The number of nitriles is 1. The van der Waals surface area contributed by atoms with Crippen LogP contribution in [0.1, 0.15) is 26.3 Å². The molecule has 1 aromatic rings. The summed E-state index contributed by atoms with van der Waals surface area (Å²) in [7, 11) is 0. The van der Waals surface area contributed by atoms with Gasteiger partial charge >= 0.3 is 0 Å². The van der Waals surface area contributed by atoms with Crippen molar-refractivity contribution >= 4 is 5.82 Å². The van der Waals surface area contributed by atoms with Crippen molar-refractivity contribution in [1.82, 2.24) is 4.98 Å². The van der Waals surface area contributed by atoms with Crippen LogP contribution in [0.15, 0.2) is 18.3 Å². The minimum absolute atomic E-state index is 0.218. The van der Waals surface area contributed by atoms with E-state index in [9.17, 15) is 0 Å². The molecule has 0 aliphatic carbocycles. The number of hydrogen-bond donors (Lipinski definition) is 1. The lowest BCUT2D eigenvalue weighted by atomic mass is 10.1. The molecule has 0 bridgehead atoms. The molecule has 0 saturated heterocycles. The molecule has 0 amide bonds. The third kappa shape index (κ3) is 3.87. The molecule has 1 aromatic heterocycles. The fourth-order valence-electron chi connectivity index (χ4n) is 1.31. The zero-order chi connectivity index (χ0) is 12.0. The SMILES string of the molecule is CCOC(C)(C)CNc1ccc(C#N)cn1. The highest BCUT2D eigenvalue weighted by atomic mass is 16.5. The molecule has 1 heterocycles. The van der Waals surface area contributed by atoms with Crippen LogP contribution >= 0.6 is 0 Å². The number of ether oxygens (including phenoxy) is 1. The van der Waals surface area contributed by atoms with Gasteiger partial charge in [0.2, 0.25) is 0 Å². The minimum Gasteiger partial charge on any atom is -0.374 e. The van der Waals surface area contributed by atoms with Gasteiger partial charge in [-0.1, -0.05) is 0 Å². The van der Waals surface area contributed by atoms with Gasteiger partial charge in [-0.05, 0) is 32.9 Å². The van der Waals surface area contributed by atoms with Crippen LogP contribution < -0.4 is 5.32 Å². The number of rotatable bonds is 5. The molecule has 0 atom stereocenters. The Bertz CT molecular complexity index is 365. The lowest BCUT2D eigenvalue weighted by Gasteiger charge is -2.25. The van der Waals surface area contributed by atoms with E-state index < -0.39 is 0 Å². The van der Waals surface area contributed by atoms with Crippen molar-refractivity contribution in [1.29, 1.82) is 5.26 Å². The van der Waals surface area contributed by atoms with Crippen LogP contribution in [-0.4, -0.2) is 23.7 Å². The summed E-state index contributed by atoms with van der Waals surface area (Å²) < 4.78 is 5.55. The summed E-state index contributed by atoms with van der Waals surface area (Å²) in [5, 5.41) is 11.8. The van der Waals surface area contributed by atoms with Crippen LogP contribution in [0, 0.1) is 11.3 Å². The average Bonchev–Trinajstić information content (AvgIpc) is 2.27. The fraction of sp³-hybridized carbons (Fsp3) is 0.500. The summed E-state index contributed by atoms with van der Waals surface area (Å²) in [6.07, 6.45) is 1.55. The van der Waals surface area contributed by atoms with E-state index in [0.29, 0.717) is 18.7 Å². The first-order valence-corrected chi connectivity index (χ1v) is 5.31. The molecule has 1 rings (SSSR count). The van der Waals surface area contributed by atoms with Gasteiger partial charge in [0.05, 0.1) is 11.2 Å². The van der Waals surface area contributed by atoms with Gasteiger partial charge in [0, 0.05) is 19.3 Å². The molecular formula is C12H17N3O. The second-order valence-electron chi connectivity index (χ2n) is 4.09. The molecule has 1 N–H and O–H groups in total. The summed E-state index contributed by atoms with van der Waals surface area (Å²) in [6, 6.07) is 5.56. The Labute approximate surface area is 96.3 Å². The van der Waals surface area contributed by atoms with Crippen molar-refractivity contribution in [3.8, 4) is 6.07 Å². The third-order valence-electron chi connectivity index (χ3n) is 2.12. The molecule has 0 saturated carbocycles.